The summed E-state index contributed by atoms with van der Waals surface area (Å²) in [6.45, 7) is 0. The summed E-state index contributed by atoms with van der Waals surface area (Å²) in [4.78, 5) is 11.7. The van der Waals surface area contributed by atoms with Gasteiger partial charge in [-0.15, -0.1) is 0 Å². The number of carbonyl (C=O) groups is 1. The number of nitrogens with two attached hydrogens (primary N) is 1. The fourth-order valence-electron chi connectivity index (χ4n) is 1.46. The van der Waals surface area contributed by atoms with Crippen molar-refractivity contribution in [2.24, 2.45) is 0 Å². The van der Waals surface area contributed by atoms with Crippen LogP contribution < -0.4 is 15.8 Å². The van der Waals surface area contributed by atoms with Gasteiger partial charge in [0.25, 0.3) is 0 Å². The van der Waals surface area contributed by atoms with Crippen molar-refractivity contribution in [3.05, 3.63) is 18.2 Å². The van der Waals surface area contributed by atoms with Gasteiger partial charge >= 0.3 is 0 Å². The number of methoxy groups -OCH3 is 1. The highest BCUT2D eigenvalue weighted by molar-refractivity contribution is 7.84. The van der Waals surface area contributed by atoms with Gasteiger partial charge in [-0.1, -0.05) is 0 Å². The van der Waals surface area contributed by atoms with E-state index >= 15 is 0 Å². The van der Waals surface area contributed by atoms with Gasteiger partial charge in [0.1, 0.15) is 5.75 Å². The van der Waals surface area contributed by atoms with Crippen LogP contribution in [0.15, 0.2) is 18.2 Å². The van der Waals surface area contributed by atoms with E-state index in [-0.39, 0.29) is 5.91 Å². The van der Waals surface area contributed by atoms with Crippen molar-refractivity contribution in [1.29, 1.82) is 0 Å². The monoisotopic (exact) mass is 270 g/mol. The SMILES string of the molecule is COc1cc(N)ccc1NC(=O)CCCS(C)=O. The third-order valence-electron chi connectivity index (χ3n) is 2.34. The van der Waals surface area contributed by atoms with E-state index in [2.05, 4.69) is 5.32 Å². The molecule has 0 heterocycles. The van der Waals surface area contributed by atoms with E-state index in [4.69, 9.17) is 10.5 Å². The van der Waals surface area contributed by atoms with E-state index in [0.717, 1.165) is 0 Å². The standard InChI is InChI=1S/C12H18N2O3S/c1-17-11-8-9(13)5-6-10(11)14-12(15)4-3-7-18(2)16/h5-6,8H,3-4,7,13H2,1-2H3,(H,14,15). The number of ether oxygens (including phenoxy) is 1. The number of nitrogens with one attached hydrogen (secondary N) is 1. The number of nitrogen functional groups attached to an aromatic ring is 1. The predicted molar refractivity (Wildman–Crippen MR) is 74.2 cm³/mol. The molecular formula is C12H18N2O3S. The molecule has 0 fully saturated rings. The van der Waals surface area contributed by atoms with Crippen LogP contribution in [0.1, 0.15) is 12.8 Å². The minimum atomic E-state index is -0.859. The number of hydrogen-bond donors (Lipinski definition) is 2. The smallest absolute Gasteiger partial charge is 0.224 e. The Kier molecular flexibility index (Phi) is 5.64. The highest BCUT2D eigenvalue weighted by atomic mass is 32.2. The van der Waals surface area contributed by atoms with Gasteiger partial charge in [-0.05, 0) is 18.6 Å². The van der Waals surface area contributed by atoms with Crippen molar-refractivity contribution in [3.8, 4) is 5.75 Å². The fourth-order valence-corrected chi connectivity index (χ4v) is 2.01. The molecule has 1 aromatic carbocycles. The zero-order valence-corrected chi connectivity index (χ0v) is 11.4. The lowest BCUT2D eigenvalue weighted by atomic mass is 10.2. The first-order chi connectivity index (χ1) is 8.52. The van der Waals surface area contributed by atoms with Gasteiger partial charge in [0, 0.05) is 41.0 Å². The summed E-state index contributed by atoms with van der Waals surface area (Å²) in [5, 5.41) is 2.74. The third kappa shape index (κ3) is 4.75. The molecule has 1 aromatic rings. The van der Waals surface area contributed by atoms with Crippen molar-refractivity contribution >= 4 is 28.1 Å². The lowest BCUT2D eigenvalue weighted by Crippen LogP contribution is -2.13. The Morgan fingerprint density at radius 2 is 2.22 bits per heavy atom. The summed E-state index contributed by atoms with van der Waals surface area (Å²) < 4.78 is 16.0. The minimum absolute atomic E-state index is 0.122. The van der Waals surface area contributed by atoms with E-state index in [1.807, 2.05) is 0 Å². The Morgan fingerprint density at radius 1 is 1.50 bits per heavy atom. The molecule has 1 amide bonds. The first-order valence-electron chi connectivity index (χ1n) is 5.56. The van der Waals surface area contributed by atoms with Gasteiger partial charge in [-0.3, -0.25) is 9.00 Å². The summed E-state index contributed by atoms with van der Waals surface area (Å²) in [5.41, 5.74) is 6.79. The largest absolute Gasteiger partial charge is 0.494 e. The first-order valence-corrected chi connectivity index (χ1v) is 7.29. The minimum Gasteiger partial charge on any atom is -0.494 e. The van der Waals surface area contributed by atoms with Crippen LogP contribution in [0.3, 0.4) is 0 Å². The van der Waals surface area contributed by atoms with E-state index in [1.165, 1.54) is 7.11 Å². The van der Waals surface area contributed by atoms with Crippen LogP contribution in [0.5, 0.6) is 5.75 Å². The number of hydrogen-bond acceptors (Lipinski definition) is 4. The summed E-state index contributed by atoms with van der Waals surface area (Å²) in [6.07, 6.45) is 2.57. The van der Waals surface area contributed by atoms with Crippen LogP contribution in [0.2, 0.25) is 0 Å². The molecule has 0 aromatic heterocycles. The van der Waals surface area contributed by atoms with Gasteiger partial charge < -0.3 is 15.8 Å². The van der Waals surface area contributed by atoms with Crippen molar-refractivity contribution in [2.75, 3.05) is 30.2 Å². The summed E-state index contributed by atoms with van der Waals surface area (Å²) in [5.74, 6) is 0.942. The maximum Gasteiger partial charge on any atom is 0.224 e. The van der Waals surface area contributed by atoms with Crippen molar-refractivity contribution in [3.63, 3.8) is 0 Å². The molecule has 0 aliphatic rings. The van der Waals surface area contributed by atoms with Crippen LogP contribution in [-0.4, -0.2) is 29.2 Å². The number of anilines is 2. The Balaban J connectivity index is 2.56. The van der Waals surface area contributed by atoms with Crippen LogP contribution in [0, 0.1) is 0 Å². The number of rotatable bonds is 6. The molecule has 0 saturated heterocycles. The summed E-state index contributed by atoms with van der Waals surface area (Å²) in [7, 11) is 0.660. The van der Waals surface area contributed by atoms with Crippen LogP contribution in [0.4, 0.5) is 11.4 Å². The molecule has 0 saturated carbocycles. The van der Waals surface area contributed by atoms with Gasteiger partial charge in [-0.25, -0.2) is 0 Å². The Bertz CT molecular complexity index is 449. The van der Waals surface area contributed by atoms with E-state index in [9.17, 15) is 9.00 Å². The Hall–Kier alpha value is -1.56. The topological polar surface area (TPSA) is 81.4 Å². The molecule has 1 rings (SSSR count). The van der Waals surface area contributed by atoms with Crippen LogP contribution in [0.25, 0.3) is 0 Å². The molecule has 0 radical (unpaired) electrons. The molecule has 0 spiro atoms. The molecule has 100 valence electrons. The van der Waals surface area contributed by atoms with Gasteiger partial charge in [-0.2, -0.15) is 0 Å². The quantitative estimate of drug-likeness (QED) is 0.765. The normalized spacial score (nSPS) is 11.9. The molecule has 0 bridgehead atoms. The van der Waals surface area contributed by atoms with Crippen molar-refractivity contribution in [1.82, 2.24) is 0 Å². The zero-order chi connectivity index (χ0) is 13.5. The number of amides is 1. The average molecular weight is 270 g/mol. The fraction of sp³-hybridized carbons (Fsp3) is 0.417. The second-order valence-corrected chi connectivity index (χ2v) is 5.44. The highest BCUT2D eigenvalue weighted by Gasteiger charge is 2.08. The third-order valence-corrected chi connectivity index (χ3v) is 3.20. The van der Waals surface area contributed by atoms with Gasteiger partial charge in [0.05, 0.1) is 12.8 Å². The van der Waals surface area contributed by atoms with Crippen molar-refractivity contribution < 1.29 is 13.7 Å². The molecule has 6 heteroatoms. The summed E-state index contributed by atoms with van der Waals surface area (Å²) in [6, 6.07) is 5.04. The van der Waals surface area contributed by atoms with Gasteiger partial charge in [0.2, 0.25) is 5.91 Å². The number of carbonyl (C=O) groups excluding carboxylic acids is 1. The second-order valence-electron chi connectivity index (χ2n) is 3.89. The van der Waals surface area contributed by atoms with E-state index in [0.29, 0.717) is 35.7 Å². The van der Waals surface area contributed by atoms with Gasteiger partial charge in [0.15, 0.2) is 0 Å². The Morgan fingerprint density at radius 3 is 2.83 bits per heavy atom. The predicted octanol–water partition coefficient (Wildman–Crippen LogP) is 1.37. The molecule has 0 aliphatic carbocycles. The maximum atomic E-state index is 11.7. The van der Waals surface area contributed by atoms with Crippen molar-refractivity contribution in [2.45, 2.75) is 12.8 Å². The van der Waals surface area contributed by atoms with E-state index < -0.39 is 10.8 Å². The average Bonchev–Trinajstić information content (AvgIpc) is 2.31. The lowest BCUT2D eigenvalue weighted by Gasteiger charge is -2.10. The molecule has 1 unspecified atom stereocenters. The second kappa shape index (κ2) is 7.00. The highest BCUT2D eigenvalue weighted by Crippen LogP contribution is 2.26. The maximum absolute atomic E-state index is 11.7. The molecule has 5 nitrogen and oxygen atoms in total. The van der Waals surface area contributed by atoms with Crippen LogP contribution in [-0.2, 0) is 15.6 Å². The number of benzene rings is 1. The molecule has 3 N–H and O–H groups in total. The molecular weight excluding hydrogens is 252 g/mol. The van der Waals surface area contributed by atoms with Crippen LogP contribution >= 0.6 is 0 Å². The zero-order valence-electron chi connectivity index (χ0n) is 10.6. The Labute approximate surface area is 109 Å². The lowest BCUT2D eigenvalue weighted by molar-refractivity contribution is -0.116. The van der Waals surface area contributed by atoms with E-state index in [1.54, 1.807) is 24.5 Å². The molecule has 18 heavy (non-hydrogen) atoms. The summed E-state index contributed by atoms with van der Waals surface area (Å²) >= 11 is 0. The molecule has 0 aliphatic heterocycles. The first kappa shape index (κ1) is 14.5. The molecule has 1 atom stereocenters.